The Morgan fingerprint density at radius 3 is 2.42 bits per heavy atom. The molecule has 7 heteroatoms. The summed E-state index contributed by atoms with van der Waals surface area (Å²) < 4.78 is 39.9. The van der Waals surface area contributed by atoms with Crippen molar-refractivity contribution in [2.75, 3.05) is 11.4 Å². The van der Waals surface area contributed by atoms with E-state index in [1.807, 2.05) is 0 Å². The Kier molecular flexibility index (Phi) is 3.21. The maximum Gasteiger partial charge on any atom is 0.573 e. The van der Waals surface area contributed by atoms with E-state index in [1.165, 1.54) is 17.0 Å². The third-order valence-corrected chi connectivity index (χ3v) is 2.68. The molecule has 0 unspecified atom stereocenters. The van der Waals surface area contributed by atoms with Crippen molar-refractivity contribution < 1.29 is 27.5 Å². The molecule has 0 bridgehead atoms. The highest BCUT2D eigenvalue weighted by Gasteiger charge is 2.32. The summed E-state index contributed by atoms with van der Waals surface area (Å²) in [4.78, 5) is 24.0. The van der Waals surface area contributed by atoms with Gasteiger partial charge in [0.1, 0.15) is 5.75 Å². The smallest absolute Gasteiger partial charge is 0.406 e. The van der Waals surface area contributed by atoms with Crippen molar-refractivity contribution in [1.82, 2.24) is 0 Å². The number of benzene rings is 1. The summed E-state index contributed by atoms with van der Waals surface area (Å²) in [6.07, 6.45) is -4.92. The number of hydrogen-bond donors (Lipinski definition) is 0. The highest BCUT2D eigenvalue weighted by Crippen LogP contribution is 2.30. The number of anilines is 1. The topological polar surface area (TPSA) is 46.6 Å². The summed E-state index contributed by atoms with van der Waals surface area (Å²) in [5, 5.41) is 0. The molecule has 0 saturated carbocycles. The first-order chi connectivity index (χ1) is 8.76. The van der Waals surface area contributed by atoms with Crippen molar-refractivity contribution in [2.24, 2.45) is 0 Å². The first-order valence-electron chi connectivity index (χ1n) is 5.45. The lowest BCUT2D eigenvalue weighted by atomic mass is 10.1. The minimum atomic E-state index is -4.76. The van der Waals surface area contributed by atoms with E-state index in [9.17, 15) is 22.8 Å². The average Bonchev–Trinajstić information content (AvgIpc) is 2.55. The standard InChI is InChI=1S/C12H10F3NO3/c1-7-4-9(19-12(13,14)15)2-3-10(7)16-6-8(17)5-11(16)18/h2-4H,5-6H2,1H3. The number of Topliss-reactive ketones (excluding diaryl/α,β-unsaturated/α-hetero) is 1. The Balaban J connectivity index is 2.25. The van der Waals surface area contributed by atoms with E-state index in [4.69, 9.17) is 0 Å². The van der Waals surface area contributed by atoms with E-state index >= 15 is 0 Å². The van der Waals surface area contributed by atoms with E-state index in [2.05, 4.69) is 4.74 Å². The van der Waals surface area contributed by atoms with E-state index in [-0.39, 0.29) is 30.4 Å². The summed E-state index contributed by atoms with van der Waals surface area (Å²) in [6, 6.07) is 3.64. The lowest BCUT2D eigenvalue weighted by Crippen LogP contribution is -2.25. The van der Waals surface area contributed by atoms with Gasteiger partial charge in [-0.2, -0.15) is 0 Å². The van der Waals surface area contributed by atoms with Gasteiger partial charge in [0.05, 0.1) is 13.0 Å². The van der Waals surface area contributed by atoms with E-state index in [0.717, 1.165) is 6.07 Å². The van der Waals surface area contributed by atoms with Gasteiger partial charge < -0.3 is 9.64 Å². The van der Waals surface area contributed by atoms with Crippen molar-refractivity contribution in [1.29, 1.82) is 0 Å². The number of alkyl halides is 3. The second-order valence-corrected chi connectivity index (χ2v) is 4.19. The number of nitrogens with zero attached hydrogens (tertiary/aromatic N) is 1. The van der Waals surface area contributed by atoms with Gasteiger partial charge in [0.2, 0.25) is 5.91 Å². The maximum atomic E-state index is 12.1. The molecule has 102 valence electrons. The second kappa shape index (κ2) is 4.56. The Bertz CT molecular complexity index is 540. The predicted octanol–water partition coefficient (Wildman–Crippen LogP) is 2.20. The monoisotopic (exact) mass is 273 g/mol. The van der Waals surface area contributed by atoms with Gasteiger partial charge in [-0.1, -0.05) is 0 Å². The van der Waals surface area contributed by atoms with Crippen LogP contribution in [-0.2, 0) is 9.59 Å². The molecule has 19 heavy (non-hydrogen) atoms. The van der Waals surface area contributed by atoms with Crippen LogP contribution in [0.3, 0.4) is 0 Å². The number of amides is 1. The second-order valence-electron chi connectivity index (χ2n) is 4.19. The van der Waals surface area contributed by atoms with Crippen LogP contribution in [0.25, 0.3) is 0 Å². The number of ether oxygens (including phenoxy) is 1. The fourth-order valence-electron chi connectivity index (χ4n) is 1.93. The summed E-state index contributed by atoms with van der Waals surface area (Å²) in [5.74, 6) is -0.913. The minimum Gasteiger partial charge on any atom is -0.406 e. The maximum absolute atomic E-state index is 12.1. The van der Waals surface area contributed by atoms with Gasteiger partial charge in [-0.15, -0.1) is 13.2 Å². The Hall–Kier alpha value is -2.05. The molecule has 1 heterocycles. The number of aryl methyl sites for hydroxylation is 1. The molecule has 1 aromatic carbocycles. The molecule has 0 aromatic heterocycles. The minimum absolute atomic E-state index is 0.0425. The molecular formula is C12H10F3NO3. The van der Waals surface area contributed by atoms with Crippen LogP contribution in [0.5, 0.6) is 5.75 Å². The van der Waals surface area contributed by atoms with Crippen molar-refractivity contribution in [3.05, 3.63) is 23.8 Å². The molecule has 2 rings (SSSR count). The van der Waals surface area contributed by atoms with Crippen molar-refractivity contribution >= 4 is 17.4 Å². The first kappa shape index (κ1) is 13.4. The van der Waals surface area contributed by atoms with E-state index < -0.39 is 6.36 Å². The van der Waals surface area contributed by atoms with Crippen LogP contribution in [-0.4, -0.2) is 24.6 Å². The largest absolute Gasteiger partial charge is 0.573 e. The van der Waals surface area contributed by atoms with Crippen LogP contribution in [0.2, 0.25) is 0 Å². The molecule has 1 aromatic rings. The molecule has 1 fully saturated rings. The fourth-order valence-corrected chi connectivity index (χ4v) is 1.93. The predicted molar refractivity (Wildman–Crippen MR) is 59.8 cm³/mol. The van der Waals surface area contributed by atoms with E-state index in [0.29, 0.717) is 11.3 Å². The molecule has 0 N–H and O–H groups in total. The summed E-state index contributed by atoms with van der Waals surface area (Å²) in [7, 11) is 0. The molecule has 4 nitrogen and oxygen atoms in total. The quantitative estimate of drug-likeness (QED) is 0.776. The highest BCUT2D eigenvalue weighted by atomic mass is 19.4. The average molecular weight is 273 g/mol. The van der Waals surface area contributed by atoms with Crippen LogP contribution in [0.4, 0.5) is 18.9 Å². The Morgan fingerprint density at radius 2 is 1.95 bits per heavy atom. The molecule has 1 saturated heterocycles. The number of carbonyl (C=O) groups excluding carboxylic acids is 2. The fraction of sp³-hybridized carbons (Fsp3) is 0.333. The molecule has 1 aliphatic rings. The van der Waals surface area contributed by atoms with Crippen LogP contribution >= 0.6 is 0 Å². The summed E-state index contributed by atoms with van der Waals surface area (Å²) >= 11 is 0. The molecule has 0 atom stereocenters. The number of rotatable bonds is 2. The third kappa shape index (κ3) is 3.04. The van der Waals surface area contributed by atoms with Gasteiger partial charge in [-0.05, 0) is 30.7 Å². The highest BCUT2D eigenvalue weighted by molar-refractivity contribution is 6.15. The number of hydrogen-bond acceptors (Lipinski definition) is 3. The van der Waals surface area contributed by atoms with Crippen molar-refractivity contribution in [3.8, 4) is 5.75 Å². The van der Waals surface area contributed by atoms with Gasteiger partial charge in [0.25, 0.3) is 0 Å². The van der Waals surface area contributed by atoms with Crippen LogP contribution < -0.4 is 9.64 Å². The molecule has 1 aliphatic heterocycles. The first-order valence-corrected chi connectivity index (χ1v) is 5.45. The zero-order chi connectivity index (χ0) is 14.2. The Morgan fingerprint density at radius 1 is 1.26 bits per heavy atom. The summed E-state index contributed by atoms with van der Waals surface area (Å²) in [6.45, 7) is 1.51. The molecule has 0 spiro atoms. The molecular weight excluding hydrogens is 263 g/mol. The van der Waals surface area contributed by atoms with Crippen molar-refractivity contribution in [2.45, 2.75) is 19.7 Å². The molecule has 0 radical (unpaired) electrons. The van der Waals surface area contributed by atoms with Crippen molar-refractivity contribution in [3.63, 3.8) is 0 Å². The normalized spacial score (nSPS) is 16.1. The zero-order valence-corrected chi connectivity index (χ0v) is 9.95. The van der Waals surface area contributed by atoms with E-state index in [1.54, 1.807) is 6.92 Å². The number of halogens is 3. The molecule has 0 aliphatic carbocycles. The Labute approximate surface area is 106 Å². The zero-order valence-electron chi connectivity index (χ0n) is 9.95. The van der Waals surface area contributed by atoms with Gasteiger partial charge in [0.15, 0.2) is 5.78 Å². The summed E-state index contributed by atoms with van der Waals surface area (Å²) in [5.41, 5.74) is 0.857. The van der Waals surface area contributed by atoms with Gasteiger partial charge in [-0.25, -0.2) is 0 Å². The van der Waals surface area contributed by atoms with Crippen LogP contribution in [0.15, 0.2) is 18.2 Å². The SMILES string of the molecule is Cc1cc(OC(F)(F)F)ccc1N1CC(=O)CC1=O. The van der Waals surface area contributed by atoms with Gasteiger partial charge in [0, 0.05) is 5.69 Å². The lowest BCUT2D eigenvalue weighted by molar-refractivity contribution is -0.274. The number of ketones is 1. The number of carbonyl (C=O) groups is 2. The van der Waals surface area contributed by atoms with Crippen LogP contribution in [0.1, 0.15) is 12.0 Å². The lowest BCUT2D eigenvalue weighted by Gasteiger charge is -2.18. The van der Waals surface area contributed by atoms with Crippen LogP contribution in [0, 0.1) is 6.92 Å². The van der Waals surface area contributed by atoms with Gasteiger partial charge in [-0.3, -0.25) is 9.59 Å². The molecule has 1 amide bonds. The van der Waals surface area contributed by atoms with Gasteiger partial charge >= 0.3 is 6.36 Å². The third-order valence-electron chi connectivity index (χ3n) is 2.68.